The molecule has 0 saturated carbocycles. The van der Waals surface area contributed by atoms with Crippen LogP contribution in [0.1, 0.15) is 20.8 Å². The molecule has 0 radical (unpaired) electrons. The first kappa shape index (κ1) is 18.6. The average Bonchev–Trinajstić information content (AvgIpc) is 2.50. The SMILES string of the molecule is CCN(CC1COc2ccccc2O1)C(=O)C(N)C(C)C.Cl. The number of hydrogen-bond donors (Lipinski definition) is 1. The summed E-state index contributed by atoms with van der Waals surface area (Å²) in [6, 6.07) is 7.10. The number of likely N-dealkylation sites (N-methyl/N-ethyl adjacent to an activating group) is 1. The molecular formula is C16H25ClN2O3. The van der Waals surface area contributed by atoms with Gasteiger partial charge in [0.25, 0.3) is 0 Å². The van der Waals surface area contributed by atoms with Gasteiger partial charge in [-0.25, -0.2) is 0 Å². The molecule has 1 amide bonds. The number of benzene rings is 1. The Morgan fingerprint density at radius 1 is 1.36 bits per heavy atom. The first-order chi connectivity index (χ1) is 10.0. The maximum absolute atomic E-state index is 12.3. The summed E-state index contributed by atoms with van der Waals surface area (Å²) in [6.45, 7) is 7.39. The summed E-state index contributed by atoms with van der Waals surface area (Å²) in [5.74, 6) is 1.57. The average molecular weight is 329 g/mol. The molecule has 124 valence electrons. The Labute approximate surface area is 138 Å². The van der Waals surface area contributed by atoms with Crippen molar-refractivity contribution in [1.82, 2.24) is 4.90 Å². The summed E-state index contributed by atoms with van der Waals surface area (Å²) in [6.07, 6.45) is -0.164. The van der Waals surface area contributed by atoms with Gasteiger partial charge < -0.3 is 20.1 Å². The zero-order valence-corrected chi connectivity index (χ0v) is 14.1. The number of fused-ring (bicyclic) bond motifs is 1. The molecule has 1 aromatic rings. The number of nitrogens with zero attached hydrogens (tertiary/aromatic N) is 1. The van der Waals surface area contributed by atoms with Crippen molar-refractivity contribution in [2.45, 2.75) is 32.9 Å². The van der Waals surface area contributed by atoms with Crippen molar-refractivity contribution in [2.75, 3.05) is 19.7 Å². The minimum Gasteiger partial charge on any atom is -0.486 e. The van der Waals surface area contributed by atoms with Gasteiger partial charge in [0.15, 0.2) is 17.6 Å². The van der Waals surface area contributed by atoms with E-state index < -0.39 is 6.04 Å². The Morgan fingerprint density at radius 2 is 2.00 bits per heavy atom. The second kappa shape index (κ2) is 8.25. The van der Waals surface area contributed by atoms with Crippen LogP contribution in [0.4, 0.5) is 0 Å². The van der Waals surface area contributed by atoms with E-state index in [2.05, 4.69) is 0 Å². The van der Waals surface area contributed by atoms with Gasteiger partial charge in [-0.1, -0.05) is 26.0 Å². The molecular weight excluding hydrogens is 304 g/mol. The minimum absolute atomic E-state index is 0. The number of halogens is 1. The largest absolute Gasteiger partial charge is 0.486 e. The minimum atomic E-state index is -0.471. The molecule has 5 nitrogen and oxygen atoms in total. The Balaban J connectivity index is 0.00000242. The smallest absolute Gasteiger partial charge is 0.239 e. The molecule has 1 heterocycles. The number of carbonyl (C=O) groups is 1. The lowest BCUT2D eigenvalue weighted by molar-refractivity contribution is -0.134. The van der Waals surface area contributed by atoms with Gasteiger partial charge in [-0.15, -0.1) is 12.4 Å². The van der Waals surface area contributed by atoms with Crippen molar-refractivity contribution in [1.29, 1.82) is 0 Å². The Kier molecular flexibility index (Phi) is 6.97. The number of ether oxygens (including phenoxy) is 2. The first-order valence-electron chi connectivity index (χ1n) is 7.45. The van der Waals surface area contributed by atoms with Gasteiger partial charge in [-0.2, -0.15) is 0 Å². The molecule has 2 rings (SSSR count). The van der Waals surface area contributed by atoms with Crippen molar-refractivity contribution >= 4 is 18.3 Å². The number of para-hydroxylation sites is 2. The van der Waals surface area contributed by atoms with Crippen molar-refractivity contribution in [3.8, 4) is 11.5 Å². The van der Waals surface area contributed by atoms with Crippen molar-refractivity contribution < 1.29 is 14.3 Å². The van der Waals surface area contributed by atoms with Gasteiger partial charge in [0.2, 0.25) is 5.91 Å². The Bertz CT molecular complexity index is 496. The van der Waals surface area contributed by atoms with Gasteiger partial charge in [-0.3, -0.25) is 4.79 Å². The molecule has 1 aliphatic rings. The van der Waals surface area contributed by atoms with E-state index in [-0.39, 0.29) is 30.3 Å². The van der Waals surface area contributed by atoms with Crippen LogP contribution in [0.15, 0.2) is 24.3 Å². The number of carbonyl (C=O) groups excluding carboxylic acids is 1. The summed E-state index contributed by atoms with van der Waals surface area (Å²) in [5.41, 5.74) is 5.95. The summed E-state index contributed by atoms with van der Waals surface area (Å²) < 4.78 is 11.6. The third-order valence-corrected chi connectivity index (χ3v) is 3.69. The first-order valence-corrected chi connectivity index (χ1v) is 7.45. The zero-order valence-electron chi connectivity index (χ0n) is 13.3. The van der Waals surface area contributed by atoms with E-state index in [1.165, 1.54) is 0 Å². The lowest BCUT2D eigenvalue weighted by Crippen LogP contribution is -2.50. The van der Waals surface area contributed by atoms with E-state index in [4.69, 9.17) is 15.2 Å². The second-order valence-electron chi connectivity index (χ2n) is 5.64. The molecule has 6 heteroatoms. The number of hydrogen-bond acceptors (Lipinski definition) is 4. The summed E-state index contributed by atoms with van der Waals surface area (Å²) in [5, 5.41) is 0. The zero-order chi connectivity index (χ0) is 15.4. The molecule has 0 saturated heterocycles. The van der Waals surface area contributed by atoms with Crippen LogP contribution in [-0.4, -0.2) is 42.6 Å². The van der Waals surface area contributed by atoms with Crippen LogP contribution >= 0.6 is 12.4 Å². The molecule has 0 aliphatic carbocycles. The van der Waals surface area contributed by atoms with Gasteiger partial charge in [0, 0.05) is 6.54 Å². The second-order valence-corrected chi connectivity index (χ2v) is 5.64. The van der Waals surface area contributed by atoms with Crippen LogP contribution < -0.4 is 15.2 Å². The Hall–Kier alpha value is -1.46. The van der Waals surface area contributed by atoms with Crippen LogP contribution in [0.25, 0.3) is 0 Å². The molecule has 1 aliphatic heterocycles. The van der Waals surface area contributed by atoms with Gasteiger partial charge in [0.05, 0.1) is 12.6 Å². The highest BCUT2D eigenvalue weighted by atomic mass is 35.5. The normalized spacial score (nSPS) is 17.6. The van der Waals surface area contributed by atoms with E-state index in [1.54, 1.807) is 4.90 Å². The van der Waals surface area contributed by atoms with Gasteiger partial charge >= 0.3 is 0 Å². The fourth-order valence-corrected chi connectivity index (χ4v) is 2.27. The highest BCUT2D eigenvalue weighted by molar-refractivity contribution is 5.85. The van der Waals surface area contributed by atoms with Crippen molar-refractivity contribution in [2.24, 2.45) is 11.7 Å². The third-order valence-electron chi connectivity index (χ3n) is 3.69. The summed E-state index contributed by atoms with van der Waals surface area (Å²) in [4.78, 5) is 14.1. The maximum Gasteiger partial charge on any atom is 0.239 e. The van der Waals surface area contributed by atoms with E-state index in [1.807, 2.05) is 45.0 Å². The van der Waals surface area contributed by atoms with Crippen LogP contribution in [0.5, 0.6) is 11.5 Å². The monoisotopic (exact) mass is 328 g/mol. The van der Waals surface area contributed by atoms with E-state index in [0.29, 0.717) is 19.7 Å². The Morgan fingerprint density at radius 3 is 2.59 bits per heavy atom. The third kappa shape index (κ3) is 4.27. The lowest BCUT2D eigenvalue weighted by atomic mass is 10.0. The van der Waals surface area contributed by atoms with Crippen LogP contribution in [0.3, 0.4) is 0 Å². The molecule has 1 aromatic carbocycles. The fraction of sp³-hybridized carbons (Fsp3) is 0.562. The van der Waals surface area contributed by atoms with Crippen molar-refractivity contribution in [3.05, 3.63) is 24.3 Å². The summed E-state index contributed by atoms with van der Waals surface area (Å²) in [7, 11) is 0. The molecule has 2 unspecified atom stereocenters. The molecule has 0 fully saturated rings. The molecule has 2 N–H and O–H groups in total. The predicted octanol–water partition coefficient (Wildman–Crippen LogP) is 2.08. The van der Waals surface area contributed by atoms with Crippen molar-refractivity contribution in [3.63, 3.8) is 0 Å². The number of rotatable bonds is 5. The number of amides is 1. The number of nitrogens with two attached hydrogens (primary N) is 1. The summed E-state index contributed by atoms with van der Waals surface area (Å²) >= 11 is 0. The van der Waals surface area contributed by atoms with Crippen LogP contribution in [0, 0.1) is 5.92 Å². The lowest BCUT2D eigenvalue weighted by Gasteiger charge is -2.32. The van der Waals surface area contributed by atoms with E-state index in [0.717, 1.165) is 11.5 Å². The predicted molar refractivity (Wildman–Crippen MR) is 88.7 cm³/mol. The molecule has 0 spiro atoms. The molecule has 0 bridgehead atoms. The van der Waals surface area contributed by atoms with Crippen LogP contribution in [0.2, 0.25) is 0 Å². The molecule has 2 atom stereocenters. The fourth-order valence-electron chi connectivity index (χ4n) is 2.27. The maximum atomic E-state index is 12.3. The molecule has 22 heavy (non-hydrogen) atoms. The van der Waals surface area contributed by atoms with E-state index in [9.17, 15) is 4.79 Å². The van der Waals surface area contributed by atoms with E-state index >= 15 is 0 Å². The van der Waals surface area contributed by atoms with Crippen LogP contribution in [-0.2, 0) is 4.79 Å². The highest BCUT2D eigenvalue weighted by Gasteiger charge is 2.28. The van der Waals surface area contributed by atoms with Gasteiger partial charge in [0.1, 0.15) is 6.61 Å². The quantitative estimate of drug-likeness (QED) is 0.898. The van der Waals surface area contributed by atoms with Gasteiger partial charge in [-0.05, 0) is 25.0 Å². The highest BCUT2D eigenvalue weighted by Crippen LogP contribution is 2.31. The standard InChI is InChI=1S/C16H24N2O3.ClH/c1-4-18(16(19)15(17)11(2)3)9-12-10-20-13-7-5-6-8-14(13)21-12;/h5-8,11-12,15H,4,9-10,17H2,1-3H3;1H. The topological polar surface area (TPSA) is 64.8 Å². The molecule has 0 aromatic heterocycles.